The number of para-hydroxylation sites is 1. The Morgan fingerprint density at radius 2 is 1.87 bits per heavy atom. The van der Waals surface area contributed by atoms with Crippen LogP contribution in [0.2, 0.25) is 0 Å². The summed E-state index contributed by atoms with van der Waals surface area (Å²) in [5.74, 6) is -0.132. The van der Waals surface area contributed by atoms with E-state index >= 15 is 0 Å². The molecule has 0 aliphatic carbocycles. The Balaban J connectivity index is 1.71. The highest BCUT2D eigenvalue weighted by atomic mass is 19.1. The third kappa shape index (κ3) is 4.02. The molecule has 0 saturated carbocycles. The number of methoxy groups -OCH3 is 3. The van der Waals surface area contributed by atoms with Crippen LogP contribution in [0.4, 0.5) is 16.0 Å². The van der Waals surface area contributed by atoms with Gasteiger partial charge in [-0.1, -0.05) is 18.2 Å². The van der Waals surface area contributed by atoms with Gasteiger partial charge in [-0.25, -0.2) is 9.97 Å². The first-order valence-corrected chi connectivity index (χ1v) is 9.74. The summed E-state index contributed by atoms with van der Waals surface area (Å²) in [7, 11) is 4.49. The number of ether oxygens (including phenoxy) is 3. The SMILES string of the molecule is COCCn1cc(-c2ccnc(Nc3ccc(OC)c(F)c3OC)n2)c2ccccc21. The summed E-state index contributed by atoms with van der Waals surface area (Å²) in [5.41, 5.74) is 3.23. The van der Waals surface area contributed by atoms with Crippen molar-refractivity contribution in [3.63, 3.8) is 0 Å². The molecular formula is C23H23FN4O3. The maximum absolute atomic E-state index is 14.5. The molecule has 2 aromatic heterocycles. The first kappa shape index (κ1) is 20.6. The quantitative estimate of drug-likeness (QED) is 0.446. The zero-order valence-corrected chi connectivity index (χ0v) is 17.6. The van der Waals surface area contributed by atoms with Gasteiger partial charge in [-0.15, -0.1) is 0 Å². The van der Waals surface area contributed by atoms with E-state index in [4.69, 9.17) is 14.2 Å². The van der Waals surface area contributed by atoms with Crippen LogP contribution >= 0.6 is 0 Å². The van der Waals surface area contributed by atoms with Gasteiger partial charge in [0.2, 0.25) is 11.8 Å². The van der Waals surface area contributed by atoms with Gasteiger partial charge in [0.25, 0.3) is 0 Å². The minimum Gasteiger partial charge on any atom is -0.494 e. The maximum Gasteiger partial charge on any atom is 0.227 e. The molecule has 0 saturated heterocycles. The number of nitrogens with one attached hydrogen (secondary N) is 1. The van der Waals surface area contributed by atoms with E-state index in [0.717, 1.165) is 28.7 Å². The molecule has 2 heterocycles. The Morgan fingerprint density at radius 1 is 1.03 bits per heavy atom. The summed E-state index contributed by atoms with van der Waals surface area (Å²) < 4.78 is 32.1. The van der Waals surface area contributed by atoms with Gasteiger partial charge in [0.05, 0.1) is 32.2 Å². The van der Waals surface area contributed by atoms with E-state index in [0.29, 0.717) is 18.2 Å². The summed E-state index contributed by atoms with van der Waals surface area (Å²) in [6.45, 7) is 1.34. The van der Waals surface area contributed by atoms with Crippen LogP contribution in [0, 0.1) is 5.82 Å². The van der Waals surface area contributed by atoms with E-state index < -0.39 is 5.82 Å². The Bertz CT molecular complexity index is 1210. The fourth-order valence-electron chi connectivity index (χ4n) is 3.51. The molecular weight excluding hydrogens is 399 g/mol. The summed E-state index contributed by atoms with van der Waals surface area (Å²) in [4.78, 5) is 8.94. The van der Waals surface area contributed by atoms with Crippen LogP contribution in [-0.4, -0.2) is 42.5 Å². The first-order valence-electron chi connectivity index (χ1n) is 9.74. The summed E-state index contributed by atoms with van der Waals surface area (Å²) in [6, 6.07) is 13.2. The van der Waals surface area contributed by atoms with Crippen LogP contribution < -0.4 is 14.8 Å². The number of anilines is 2. The molecule has 8 heteroatoms. The normalized spacial score (nSPS) is 11.0. The highest BCUT2D eigenvalue weighted by Crippen LogP contribution is 2.36. The van der Waals surface area contributed by atoms with Crippen LogP contribution in [0.3, 0.4) is 0 Å². The van der Waals surface area contributed by atoms with Crippen LogP contribution in [-0.2, 0) is 11.3 Å². The third-order valence-corrected chi connectivity index (χ3v) is 4.99. The predicted octanol–water partition coefficient (Wildman–Crippen LogP) is 4.64. The number of halogens is 1. The van der Waals surface area contributed by atoms with Crippen molar-refractivity contribution in [1.29, 1.82) is 0 Å². The molecule has 0 aliphatic heterocycles. The van der Waals surface area contributed by atoms with E-state index in [1.165, 1.54) is 20.3 Å². The molecule has 4 aromatic rings. The third-order valence-electron chi connectivity index (χ3n) is 4.99. The summed E-state index contributed by atoms with van der Waals surface area (Å²) in [6.07, 6.45) is 3.72. The van der Waals surface area contributed by atoms with E-state index in [1.54, 1.807) is 19.4 Å². The highest BCUT2D eigenvalue weighted by molar-refractivity contribution is 5.95. The van der Waals surface area contributed by atoms with Crippen LogP contribution in [0.1, 0.15) is 0 Å². The van der Waals surface area contributed by atoms with Crippen LogP contribution in [0.15, 0.2) is 54.9 Å². The monoisotopic (exact) mass is 422 g/mol. The van der Waals surface area contributed by atoms with Gasteiger partial charge in [0, 0.05) is 42.5 Å². The highest BCUT2D eigenvalue weighted by Gasteiger charge is 2.17. The molecule has 1 N–H and O–H groups in total. The second-order valence-electron chi connectivity index (χ2n) is 6.80. The van der Waals surface area contributed by atoms with Gasteiger partial charge < -0.3 is 24.1 Å². The molecule has 0 bridgehead atoms. The standard InChI is InChI=1S/C23H23FN4O3/c1-29-13-12-28-14-16(15-6-4-5-7-19(15)28)17-10-11-25-23(26-17)27-18-8-9-20(30-2)21(24)22(18)31-3/h4-11,14H,12-13H2,1-3H3,(H,25,26,27). The van der Waals surface area contributed by atoms with E-state index in [2.05, 4.69) is 38.2 Å². The number of benzene rings is 2. The summed E-state index contributed by atoms with van der Waals surface area (Å²) in [5, 5.41) is 4.13. The molecule has 0 atom stereocenters. The first-order chi connectivity index (χ1) is 15.2. The lowest BCUT2D eigenvalue weighted by Gasteiger charge is -2.13. The number of hydrogen-bond donors (Lipinski definition) is 1. The van der Waals surface area contributed by atoms with E-state index in [9.17, 15) is 4.39 Å². The smallest absolute Gasteiger partial charge is 0.227 e. The van der Waals surface area contributed by atoms with Gasteiger partial charge in [0.1, 0.15) is 0 Å². The minimum atomic E-state index is -0.590. The number of aromatic nitrogens is 3. The molecule has 7 nitrogen and oxygen atoms in total. The van der Waals surface area contributed by atoms with Crippen molar-refractivity contribution in [2.24, 2.45) is 0 Å². The molecule has 160 valence electrons. The Morgan fingerprint density at radius 3 is 2.65 bits per heavy atom. The van der Waals surface area contributed by atoms with E-state index in [1.807, 2.05) is 18.2 Å². The van der Waals surface area contributed by atoms with Gasteiger partial charge >= 0.3 is 0 Å². The molecule has 0 amide bonds. The number of nitrogens with zero attached hydrogens (tertiary/aromatic N) is 3. The molecule has 0 unspecified atom stereocenters. The van der Waals surface area contributed by atoms with Gasteiger partial charge in [-0.05, 0) is 24.3 Å². The van der Waals surface area contributed by atoms with Gasteiger partial charge in [0.15, 0.2) is 11.5 Å². The number of hydrogen-bond acceptors (Lipinski definition) is 6. The lowest BCUT2D eigenvalue weighted by atomic mass is 10.1. The largest absolute Gasteiger partial charge is 0.494 e. The molecule has 4 rings (SSSR count). The Labute approximate surface area is 179 Å². The van der Waals surface area contributed by atoms with Gasteiger partial charge in [-0.3, -0.25) is 0 Å². The second-order valence-corrected chi connectivity index (χ2v) is 6.80. The average Bonchev–Trinajstić information content (AvgIpc) is 3.17. The van der Waals surface area contributed by atoms with Crippen LogP contribution in [0.5, 0.6) is 11.5 Å². The van der Waals surface area contributed by atoms with Crippen molar-refractivity contribution < 1.29 is 18.6 Å². The Hall–Kier alpha value is -3.65. The average molecular weight is 422 g/mol. The Kier molecular flexibility index (Phi) is 5.99. The number of fused-ring (bicyclic) bond motifs is 1. The van der Waals surface area contributed by atoms with Gasteiger partial charge in [-0.2, -0.15) is 4.39 Å². The van der Waals surface area contributed by atoms with Crippen molar-refractivity contribution in [1.82, 2.24) is 14.5 Å². The molecule has 0 spiro atoms. The topological polar surface area (TPSA) is 70.4 Å². The summed E-state index contributed by atoms with van der Waals surface area (Å²) >= 11 is 0. The van der Waals surface area contributed by atoms with E-state index in [-0.39, 0.29) is 11.5 Å². The molecule has 0 fully saturated rings. The minimum absolute atomic E-state index is 0.0320. The second kappa shape index (κ2) is 9.01. The predicted molar refractivity (Wildman–Crippen MR) is 118 cm³/mol. The van der Waals surface area contributed by atoms with Crippen molar-refractivity contribution in [2.75, 3.05) is 33.3 Å². The molecule has 0 aliphatic rings. The van der Waals surface area contributed by atoms with Crippen molar-refractivity contribution in [2.45, 2.75) is 6.54 Å². The number of rotatable bonds is 8. The molecule has 0 radical (unpaired) electrons. The van der Waals surface area contributed by atoms with Crippen molar-refractivity contribution in [3.8, 4) is 22.8 Å². The van der Waals surface area contributed by atoms with Crippen molar-refractivity contribution >= 4 is 22.5 Å². The van der Waals surface area contributed by atoms with Crippen molar-refractivity contribution in [3.05, 3.63) is 60.7 Å². The lowest BCUT2D eigenvalue weighted by Crippen LogP contribution is -2.03. The fraction of sp³-hybridized carbons (Fsp3) is 0.217. The van der Waals surface area contributed by atoms with Crippen LogP contribution in [0.25, 0.3) is 22.2 Å². The lowest BCUT2D eigenvalue weighted by molar-refractivity contribution is 0.188. The zero-order valence-electron chi connectivity index (χ0n) is 17.6. The molecule has 31 heavy (non-hydrogen) atoms. The zero-order chi connectivity index (χ0) is 21.8. The fourth-order valence-corrected chi connectivity index (χ4v) is 3.51. The maximum atomic E-state index is 14.5. The molecule has 2 aromatic carbocycles.